The van der Waals surface area contributed by atoms with Crippen molar-refractivity contribution in [1.82, 2.24) is 0 Å². The average Bonchev–Trinajstić information content (AvgIpc) is 2.55. The zero-order valence-corrected chi connectivity index (χ0v) is 14.2. The van der Waals surface area contributed by atoms with Crippen LogP contribution in [0.25, 0.3) is 0 Å². The van der Waals surface area contributed by atoms with Crippen molar-refractivity contribution in [2.75, 3.05) is 0 Å². The van der Waals surface area contributed by atoms with E-state index in [4.69, 9.17) is 4.74 Å². The van der Waals surface area contributed by atoms with E-state index < -0.39 is 23.8 Å². The standard InChI is InChI=1S/C19H19F5O2/c1-2-3-4-5-14-6-10-16(11-7-14)25-18(20,21)15-8-12-17(13-9-15)26-19(22,23)24/h6-13H,2-5H2,1H3. The molecule has 0 aliphatic rings. The first-order valence-corrected chi connectivity index (χ1v) is 8.21. The molecule has 0 spiro atoms. The SMILES string of the molecule is CCCCCc1ccc(OC(F)(F)c2ccc(OC(F)(F)F)cc2)cc1. The van der Waals surface area contributed by atoms with E-state index in [1.807, 2.05) is 0 Å². The number of halogens is 5. The molecule has 0 fully saturated rings. The lowest BCUT2D eigenvalue weighted by atomic mass is 10.1. The summed E-state index contributed by atoms with van der Waals surface area (Å²) in [4.78, 5) is 0. The Morgan fingerprint density at radius 3 is 1.81 bits per heavy atom. The van der Waals surface area contributed by atoms with Gasteiger partial charge in [0.1, 0.15) is 11.5 Å². The topological polar surface area (TPSA) is 18.5 Å². The van der Waals surface area contributed by atoms with Gasteiger partial charge in [0, 0.05) is 0 Å². The van der Waals surface area contributed by atoms with Crippen molar-refractivity contribution in [2.45, 2.75) is 45.1 Å². The van der Waals surface area contributed by atoms with Gasteiger partial charge in [0.2, 0.25) is 0 Å². The van der Waals surface area contributed by atoms with Crippen LogP contribution in [0.5, 0.6) is 11.5 Å². The minimum absolute atomic E-state index is 0.0233. The van der Waals surface area contributed by atoms with Gasteiger partial charge in [0.05, 0.1) is 5.56 Å². The molecule has 0 N–H and O–H groups in total. The van der Waals surface area contributed by atoms with E-state index in [9.17, 15) is 22.0 Å². The van der Waals surface area contributed by atoms with Gasteiger partial charge >= 0.3 is 12.5 Å². The van der Waals surface area contributed by atoms with Crippen LogP contribution < -0.4 is 9.47 Å². The minimum Gasteiger partial charge on any atom is -0.429 e. The summed E-state index contributed by atoms with van der Waals surface area (Å²) in [6.45, 7) is 2.10. The van der Waals surface area contributed by atoms with Crippen LogP contribution in [-0.2, 0) is 12.5 Å². The summed E-state index contributed by atoms with van der Waals surface area (Å²) < 4.78 is 73.0. The molecule has 0 saturated carbocycles. The largest absolute Gasteiger partial charge is 0.573 e. The molecule has 0 aromatic heterocycles. The van der Waals surface area contributed by atoms with Crippen LogP contribution in [0, 0.1) is 0 Å². The normalized spacial score (nSPS) is 12.1. The molecule has 0 heterocycles. The summed E-state index contributed by atoms with van der Waals surface area (Å²) in [5, 5.41) is 0. The molecule has 0 aliphatic heterocycles. The molecular formula is C19H19F5O2. The smallest absolute Gasteiger partial charge is 0.429 e. The molecule has 0 bridgehead atoms. The van der Waals surface area contributed by atoms with Gasteiger partial charge in [0.25, 0.3) is 0 Å². The van der Waals surface area contributed by atoms with Crippen LogP contribution in [0.3, 0.4) is 0 Å². The average molecular weight is 374 g/mol. The number of hydrogen-bond donors (Lipinski definition) is 0. The lowest BCUT2D eigenvalue weighted by Gasteiger charge is -2.19. The Morgan fingerprint density at radius 1 is 0.731 bits per heavy atom. The van der Waals surface area contributed by atoms with Crippen molar-refractivity contribution in [3.8, 4) is 11.5 Å². The highest BCUT2D eigenvalue weighted by Crippen LogP contribution is 2.33. The lowest BCUT2D eigenvalue weighted by Crippen LogP contribution is -2.22. The zero-order chi connectivity index (χ0) is 19.2. The van der Waals surface area contributed by atoms with Gasteiger partial charge in [-0.1, -0.05) is 31.9 Å². The van der Waals surface area contributed by atoms with Gasteiger partial charge in [-0.3, -0.25) is 0 Å². The van der Waals surface area contributed by atoms with Gasteiger partial charge in [-0.05, 0) is 54.8 Å². The Labute approximate surface area is 148 Å². The van der Waals surface area contributed by atoms with Crippen molar-refractivity contribution >= 4 is 0 Å². The van der Waals surface area contributed by atoms with Gasteiger partial charge in [-0.15, -0.1) is 13.2 Å². The number of aryl methyl sites for hydroxylation is 1. The third kappa shape index (κ3) is 6.20. The van der Waals surface area contributed by atoms with Gasteiger partial charge in [-0.2, -0.15) is 8.78 Å². The molecule has 0 atom stereocenters. The summed E-state index contributed by atoms with van der Waals surface area (Å²) in [5.74, 6) is -0.599. The Balaban J connectivity index is 2.01. The summed E-state index contributed by atoms with van der Waals surface area (Å²) in [6, 6.07) is 9.66. The molecule has 2 nitrogen and oxygen atoms in total. The predicted molar refractivity (Wildman–Crippen MR) is 87.3 cm³/mol. The van der Waals surface area contributed by atoms with E-state index in [0.29, 0.717) is 0 Å². The molecule has 142 valence electrons. The van der Waals surface area contributed by atoms with Crippen LogP contribution >= 0.6 is 0 Å². The monoisotopic (exact) mass is 374 g/mol. The predicted octanol–water partition coefficient (Wildman–Crippen LogP) is 6.45. The fraction of sp³-hybridized carbons (Fsp3) is 0.368. The minimum atomic E-state index is -4.88. The Bertz CT molecular complexity index is 679. The van der Waals surface area contributed by atoms with E-state index in [1.54, 1.807) is 12.1 Å². The van der Waals surface area contributed by atoms with Crippen molar-refractivity contribution in [3.63, 3.8) is 0 Å². The molecule has 26 heavy (non-hydrogen) atoms. The molecule has 0 saturated heterocycles. The third-order valence-corrected chi connectivity index (χ3v) is 3.66. The summed E-state index contributed by atoms with van der Waals surface area (Å²) in [6.07, 6.45) is -4.46. The highest BCUT2D eigenvalue weighted by Gasteiger charge is 2.35. The van der Waals surface area contributed by atoms with E-state index in [0.717, 1.165) is 55.5 Å². The second-order valence-electron chi connectivity index (χ2n) is 5.79. The quantitative estimate of drug-likeness (QED) is 0.391. The zero-order valence-electron chi connectivity index (χ0n) is 14.2. The number of benzene rings is 2. The van der Waals surface area contributed by atoms with Crippen molar-refractivity contribution in [2.24, 2.45) is 0 Å². The summed E-state index contributed by atoms with van der Waals surface area (Å²) >= 11 is 0. The first-order valence-electron chi connectivity index (χ1n) is 8.21. The summed E-state index contributed by atoms with van der Waals surface area (Å²) in [5.41, 5.74) is 0.460. The second kappa shape index (κ2) is 8.38. The maximum atomic E-state index is 14.2. The molecule has 7 heteroatoms. The number of rotatable bonds is 8. The number of alkyl halides is 5. The van der Waals surface area contributed by atoms with Gasteiger partial charge in [-0.25, -0.2) is 0 Å². The van der Waals surface area contributed by atoms with Crippen LogP contribution in [0.1, 0.15) is 37.3 Å². The fourth-order valence-electron chi connectivity index (χ4n) is 2.36. The van der Waals surface area contributed by atoms with Crippen molar-refractivity contribution < 1.29 is 31.4 Å². The van der Waals surface area contributed by atoms with Crippen LogP contribution in [0.2, 0.25) is 0 Å². The van der Waals surface area contributed by atoms with E-state index >= 15 is 0 Å². The maximum Gasteiger partial charge on any atom is 0.573 e. The number of ether oxygens (including phenoxy) is 2. The Hall–Kier alpha value is -2.31. The van der Waals surface area contributed by atoms with E-state index in [2.05, 4.69) is 11.7 Å². The Kier molecular flexibility index (Phi) is 6.45. The highest BCUT2D eigenvalue weighted by molar-refractivity contribution is 5.31. The van der Waals surface area contributed by atoms with Gasteiger partial charge in [0.15, 0.2) is 0 Å². The number of hydrogen-bond acceptors (Lipinski definition) is 2. The molecular weight excluding hydrogens is 355 g/mol. The Morgan fingerprint density at radius 2 is 1.27 bits per heavy atom. The third-order valence-electron chi connectivity index (χ3n) is 3.66. The van der Waals surface area contributed by atoms with E-state index in [-0.39, 0.29) is 5.75 Å². The first-order chi connectivity index (χ1) is 12.2. The fourth-order valence-corrected chi connectivity index (χ4v) is 2.36. The molecule has 0 amide bonds. The molecule has 0 unspecified atom stereocenters. The van der Waals surface area contributed by atoms with Crippen molar-refractivity contribution in [1.29, 1.82) is 0 Å². The van der Waals surface area contributed by atoms with E-state index in [1.165, 1.54) is 12.1 Å². The lowest BCUT2D eigenvalue weighted by molar-refractivity contribution is -0.274. The molecule has 0 radical (unpaired) electrons. The second-order valence-corrected chi connectivity index (χ2v) is 5.79. The summed E-state index contributed by atoms with van der Waals surface area (Å²) in [7, 11) is 0. The molecule has 0 aliphatic carbocycles. The van der Waals surface area contributed by atoms with Crippen molar-refractivity contribution in [3.05, 3.63) is 59.7 Å². The first kappa shape index (κ1) is 20.0. The number of unbranched alkanes of at least 4 members (excludes halogenated alkanes) is 2. The molecule has 2 aromatic carbocycles. The maximum absolute atomic E-state index is 14.2. The van der Waals surface area contributed by atoms with Crippen LogP contribution in [0.4, 0.5) is 22.0 Å². The van der Waals surface area contributed by atoms with Crippen LogP contribution in [0.15, 0.2) is 48.5 Å². The van der Waals surface area contributed by atoms with Gasteiger partial charge < -0.3 is 9.47 Å². The molecule has 2 aromatic rings. The highest BCUT2D eigenvalue weighted by atomic mass is 19.4. The molecule has 2 rings (SSSR count). The van der Waals surface area contributed by atoms with Crippen LogP contribution in [-0.4, -0.2) is 6.36 Å².